The van der Waals surface area contributed by atoms with E-state index < -0.39 is 0 Å². The molecule has 1 saturated heterocycles. The highest BCUT2D eigenvalue weighted by molar-refractivity contribution is 5.85. The molecule has 0 saturated carbocycles. The molecule has 0 aromatic heterocycles. The Labute approximate surface area is 115 Å². The van der Waals surface area contributed by atoms with Crippen LogP contribution in [0.1, 0.15) is 24.0 Å². The van der Waals surface area contributed by atoms with Crippen LogP contribution in [0.15, 0.2) is 18.2 Å². The first-order chi connectivity index (χ1) is 8.20. The number of nitrogens with one attached hydrogen (secondary N) is 1. The number of nitrogens with zero attached hydrogens (tertiary/aromatic N) is 1. The van der Waals surface area contributed by atoms with E-state index in [1.165, 1.54) is 12.8 Å². The summed E-state index contributed by atoms with van der Waals surface area (Å²) in [6, 6.07) is 5.92. The van der Waals surface area contributed by atoms with Crippen LogP contribution in [0.4, 0.5) is 4.39 Å². The van der Waals surface area contributed by atoms with Crippen molar-refractivity contribution in [3.63, 3.8) is 0 Å². The van der Waals surface area contributed by atoms with Gasteiger partial charge in [-0.2, -0.15) is 0 Å². The Hall–Kier alpha value is -0.640. The summed E-state index contributed by atoms with van der Waals surface area (Å²) in [6.07, 6.45) is 2.44. The van der Waals surface area contributed by atoms with E-state index in [0.29, 0.717) is 6.04 Å². The average molecular weight is 273 g/mol. The molecule has 0 radical (unpaired) electrons. The molecule has 0 spiro atoms. The maximum absolute atomic E-state index is 13.7. The highest BCUT2D eigenvalue weighted by Gasteiger charge is 2.24. The molecule has 1 aromatic carbocycles. The predicted molar refractivity (Wildman–Crippen MR) is 75.7 cm³/mol. The normalized spacial score (nSPS) is 19.8. The third kappa shape index (κ3) is 3.67. The van der Waals surface area contributed by atoms with Gasteiger partial charge in [-0.3, -0.25) is 4.90 Å². The van der Waals surface area contributed by atoms with Crippen LogP contribution < -0.4 is 5.32 Å². The fourth-order valence-corrected chi connectivity index (χ4v) is 2.61. The zero-order valence-electron chi connectivity index (χ0n) is 11.1. The van der Waals surface area contributed by atoms with Crippen molar-refractivity contribution >= 4 is 12.4 Å². The highest BCUT2D eigenvalue weighted by Crippen LogP contribution is 2.21. The molecule has 0 aliphatic carbocycles. The lowest BCUT2D eigenvalue weighted by Gasteiger charge is -2.24. The Morgan fingerprint density at radius 3 is 2.94 bits per heavy atom. The van der Waals surface area contributed by atoms with Gasteiger partial charge in [0.15, 0.2) is 0 Å². The van der Waals surface area contributed by atoms with Gasteiger partial charge in [0.25, 0.3) is 0 Å². The summed E-state index contributed by atoms with van der Waals surface area (Å²) in [5.41, 5.74) is 1.96. The van der Waals surface area contributed by atoms with Gasteiger partial charge in [0.05, 0.1) is 0 Å². The molecule has 1 unspecified atom stereocenters. The maximum atomic E-state index is 13.7. The second kappa shape index (κ2) is 7.07. The van der Waals surface area contributed by atoms with Crippen molar-refractivity contribution in [2.24, 2.45) is 0 Å². The molecule has 18 heavy (non-hydrogen) atoms. The number of rotatable bonds is 4. The summed E-state index contributed by atoms with van der Waals surface area (Å²) in [4.78, 5) is 2.38. The van der Waals surface area contributed by atoms with Crippen LogP contribution in [0.3, 0.4) is 0 Å². The Bertz CT molecular complexity index is 384. The molecule has 1 heterocycles. The number of halogens is 2. The fourth-order valence-electron chi connectivity index (χ4n) is 2.61. The van der Waals surface area contributed by atoms with Gasteiger partial charge in [0.2, 0.25) is 0 Å². The summed E-state index contributed by atoms with van der Waals surface area (Å²) >= 11 is 0. The molecule has 1 N–H and O–H groups in total. The molecular formula is C14H22ClFN2. The Morgan fingerprint density at radius 1 is 1.44 bits per heavy atom. The van der Waals surface area contributed by atoms with E-state index in [4.69, 9.17) is 0 Å². The van der Waals surface area contributed by atoms with Crippen molar-refractivity contribution in [1.29, 1.82) is 0 Å². The standard InChI is InChI=1S/C14H21FN2.ClH/c1-11-5-6-14(15)12(8-11)10-17-7-3-4-13(17)9-16-2;/h5-6,8,13,16H,3-4,7,9-10H2,1-2H3;1H. The van der Waals surface area contributed by atoms with Crippen LogP contribution in [0, 0.1) is 12.7 Å². The number of hydrogen-bond donors (Lipinski definition) is 1. The van der Waals surface area contributed by atoms with Gasteiger partial charge in [0.1, 0.15) is 5.82 Å². The first-order valence-corrected chi connectivity index (χ1v) is 6.34. The van der Waals surface area contributed by atoms with Crippen molar-refractivity contribution < 1.29 is 4.39 Å². The first-order valence-electron chi connectivity index (χ1n) is 6.34. The van der Waals surface area contributed by atoms with Crippen molar-refractivity contribution in [2.75, 3.05) is 20.1 Å². The van der Waals surface area contributed by atoms with Gasteiger partial charge in [-0.25, -0.2) is 4.39 Å². The predicted octanol–water partition coefficient (Wildman–Crippen LogP) is 2.74. The number of likely N-dealkylation sites (tertiary alicyclic amines) is 1. The molecule has 102 valence electrons. The van der Waals surface area contributed by atoms with Crippen LogP contribution >= 0.6 is 12.4 Å². The minimum absolute atomic E-state index is 0. The fraction of sp³-hybridized carbons (Fsp3) is 0.571. The minimum Gasteiger partial charge on any atom is -0.318 e. The van der Waals surface area contributed by atoms with Crippen molar-refractivity contribution in [3.8, 4) is 0 Å². The van der Waals surface area contributed by atoms with Gasteiger partial charge >= 0.3 is 0 Å². The van der Waals surface area contributed by atoms with Crippen LogP contribution in [0.25, 0.3) is 0 Å². The van der Waals surface area contributed by atoms with Crippen LogP contribution in [-0.2, 0) is 6.54 Å². The van der Waals surface area contributed by atoms with E-state index in [-0.39, 0.29) is 18.2 Å². The van der Waals surface area contributed by atoms with Gasteiger partial charge in [-0.15, -0.1) is 12.4 Å². The SMILES string of the molecule is CNCC1CCCN1Cc1cc(C)ccc1F.Cl. The second-order valence-electron chi connectivity index (χ2n) is 4.92. The lowest BCUT2D eigenvalue weighted by atomic mass is 10.1. The molecule has 1 fully saturated rings. The van der Waals surface area contributed by atoms with Gasteiger partial charge in [-0.05, 0) is 39.4 Å². The Kier molecular flexibility index (Phi) is 6.06. The van der Waals surface area contributed by atoms with Crippen molar-refractivity contribution in [2.45, 2.75) is 32.4 Å². The highest BCUT2D eigenvalue weighted by atomic mass is 35.5. The summed E-state index contributed by atoms with van der Waals surface area (Å²) in [6.45, 7) is 4.82. The van der Waals surface area contributed by atoms with Gasteiger partial charge in [0, 0.05) is 24.7 Å². The smallest absolute Gasteiger partial charge is 0.127 e. The number of aryl methyl sites for hydroxylation is 1. The van der Waals surface area contributed by atoms with E-state index in [1.54, 1.807) is 6.07 Å². The number of hydrogen-bond acceptors (Lipinski definition) is 2. The van der Waals surface area contributed by atoms with Crippen LogP contribution in [0.5, 0.6) is 0 Å². The van der Waals surface area contributed by atoms with Crippen LogP contribution in [0.2, 0.25) is 0 Å². The Morgan fingerprint density at radius 2 is 2.22 bits per heavy atom. The summed E-state index contributed by atoms with van der Waals surface area (Å²) in [5, 5.41) is 3.22. The summed E-state index contributed by atoms with van der Waals surface area (Å²) in [7, 11) is 1.98. The zero-order valence-corrected chi connectivity index (χ0v) is 11.9. The lowest BCUT2D eigenvalue weighted by Crippen LogP contribution is -2.36. The topological polar surface area (TPSA) is 15.3 Å². The van der Waals surface area contributed by atoms with E-state index in [9.17, 15) is 4.39 Å². The molecule has 1 aromatic rings. The largest absolute Gasteiger partial charge is 0.318 e. The maximum Gasteiger partial charge on any atom is 0.127 e. The molecule has 0 bridgehead atoms. The molecule has 1 atom stereocenters. The molecule has 1 aliphatic heterocycles. The monoisotopic (exact) mass is 272 g/mol. The molecule has 2 nitrogen and oxygen atoms in total. The number of likely N-dealkylation sites (N-methyl/N-ethyl adjacent to an activating group) is 1. The van der Waals surface area contributed by atoms with Gasteiger partial charge in [-0.1, -0.05) is 17.7 Å². The van der Waals surface area contributed by atoms with Crippen LogP contribution in [-0.4, -0.2) is 31.1 Å². The molecule has 4 heteroatoms. The second-order valence-corrected chi connectivity index (χ2v) is 4.92. The van der Waals surface area contributed by atoms with Gasteiger partial charge < -0.3 is 5.32 Å². The quantitative estimate of drug-likeness (QED) is 0.907. The summed E-state index contributed by atoms with van der Waals surface area (Å²) < 4.78 is 13.7. The first kappa shape index (κ1) is 15.4. The lowest BCUT2D eigenvalue weighted by molar-refractivity contribution is 0.239. The van der Waals surface area contributed by atoms with E-state index in [0.717, 1.165) is 30.8 Å². The average Bonchev–Trinajstić information content (AvgIpc) is 2.72. The molecule has 2 rings (SSSR count). The number of benzene rings is 1. The third-order valence-electron chi connectivity index (χ3n) is 3.51. The van der Waals surface area contributed by atoms with Crippen molar-refractivity contribution in [3.05, 3.63) is 35.1 Å². The van der Waals surface area contributed by atoms with E-state index >= 15 is 0 Å². The minimum atomic E-state index is -0.0780. The molecular weight excluding hydrogens is 251 g/mol. The van der Waals surface area contributed by atoms with E-state index in [1.807, 2.05) is 26.1 Å². The van der Waals surface area contributed by atoms with E-state index in [2.05, 4.69) is 10.2 Å². The molecule has 1 aliphatic rings. The molecule has 0 amide bonds. The zero-order chi connectivity index (χ0) is 12.3. The third-order valence-corrected chi connectivity index (χ3v) is 3.51. The Balaban J connectivity index is 0.00000162. The summed E-state index contributed by atoms with van der Waals surface area (Å²) in [5.74, 6) is -0.0780. The van der Waals surface area contributed by atoms with Crippen molar-refractivity contribution in [1.82, 2.24) is 10.2 Å².